The van der Waals surface area contributed by atoms with E-state index in [9.17, 15) is 0 Å². The predicted molar refractivity (Wildman–Crippen MR) is 68.7 cm³/mol. The lowest BCUT2D eigenvalue weighted by Crippen LogP contribution is -2.45. The number of piperidine rings is 1. The van der Waals surface area contributed by atoms with Crippen LogP contribution in [0, 0.1) is 0 Å². The maximum absolute atomic E-state index is 6.09. The molecule has 0 bridgehead atoms. The van der Waals surface area contributed by atoms with E-state index in [-0.39, 0.29) is 0 Å². The summed E-state index contributed by atoms with van der Waals surface area (Å²) in [6, 6.07) is 5.17. The molecule has 1 aromatic heterocycles. The third-order valence-corrected chi connectivity index (χ3v) is 4.10. The van der Waals surface area contributed by atoms with Crippen LogP contribution in [-0.4, -0.2) is 29.0 Å². The molecule has 0 amide bonds. The largest absolute Gasteiger partial charge is 0.327 e. The van der Waals surface area contributed by atoms with E-state index in [0.29, 0.717) is 12.1 Å². The van der Waals surface area contributed by atoms with Gasteiger partial charge in [-0.05, 0) is 50.3 Å². The summed E-state index contributed by atoms with van der Waals surface area (Å²) in [7, 11) is 0. The third kappa shape index (κ3) is 2.22. The maximum atomic E-state index is 6.09. The standard InChI is InChI=1S/C14H21N3/c15-12-6-3-9-17(10-12)13-7-1-4-11-5-2-8-16-14(11)13/h2,5,8,12-13H,1,3-4,6-7,9-10,15H2. The average molecular weight is 231 g/mol. The van der Waals surface area contributed by atoms with E-state index in [4.69, 9.17) is 5.73 Å². The molecular weight excluding hydrogens is 210 g/mol. The molecule has 2 unspecified atom stereocenters. The van der Waals surface area contributed by atoms with Gasteiger partial charge in [-0.3, -0.25) is 9.88 Å². The van der Waals surface area contributed by atoms with Gasteiger partial charge in [0, 0.05) is 18.8 Å². The fourth-order valence-corrected chi connectivity index (χ4v) is 3.26. The predicted octanol–water partition coefficient (Wildman–Crippen LogP) is 1.88. The van der Waals surface area contributed by atoms with Crippen LogP contribution < -0.4 is 5.73 Å². The molecule has 1 saturated heterocycles. The molecule has 1 fully saturated rings. The highest BCUT2D eigenvalue weighted by molar-refractivity contribution is 5.25. The highest BCUT2D eigenvalue weighted by Gasteiger charge is 2.29. The van der Waals surface area contributed by atoms with Crippen LogP contribution in [0.25, 0.3) is 0 Å². The number of hydrogen-bond acceptors (Lipinski definition) is 3. The number of aryl methyl sites for hydroxylation is 1. The van der Waals surface area contributed by atoms with E-state index in [2.05, 4.69) is 22.0 Å². The van der Waals surface area contributed by atoms with Gasteiger partial charge in [0.15, 0.2) is 0 Å². The number of nitrogens with two attached hydrogens (primary N) is 1. The Balaban J connectivity index is 1.84. The molecule has 17 heavy (non-hydrogen) atoms. The van der Waals surface area contributed by atoms with E-state index >= 15 is 0 Å². The Bertz CT molecular complexity index is 391. The monoisotopic (exact) mass is 231 g/mol. The Kier molecular flexibility index (Phi) is 3.12. The molecule has 0 aromatic carbocycles. The molecule has 1 aliphatic carbocycles. The van der Waals surface area contributed by atoms with Crippen molar-refractivity contribution in [1.82, 2.24) is 9.88 Å². The van der Waals surface area contributed by atoms with Crippen molar-refractivity contribution in [3.05, 3.63) is 29.6 Å². The molecule has 2 heterocycles. The van der Waals surface area contributed by atoms with Crippen molar-refractivity contribution in [2.24, 2.45) is 5.73 Å². The highest BCUT2D eigenvalue weighted by atomic mass is 15.2. The Morgan fingerprint density at radius 3 is 3.12 bits per heavy atom. The lowest BCUT2D eigenvalue weighted by atomic mass is 9.89. The minimum atomic E-state index is 0.359. The van der Waals surface area contributed by atoms with Crippen molar-refractivity contribution < 1.29 is 0 Å². The van der Waals surface area contributed by atoms with Gasteiger partial charge >= 0.3 is 0 Å². The molecule has 92 valence electrons. The Morgan fingerprint density at radius 1 is 1.29 bits per heavy atom. The van der Waals surface area contributed by atoms with Gasteiger partial charge in [0.2, 0.25) is 0 Å². The molecule has 3 nitrogen and oxygen atoms in total. The summed E-state index contributed by atoms with van der Waals surface area (Å²) >= 11 is 0. The van der Waals surface area contributed by atoms with E-state index < -0.39 is 0 Å². The van der Waals surface area contributed by atoms with Crippen LogP contribution >= 0.6 is 0 Å². The normalized spacial score (nSPS) is 29.9. The topological polar surface area (TPSA) is 42.1 Å². The van der Waals surface area contributed by atoms with Crippen LogP contribution in [0.3, 0.4) is 0 Å². The molecule has 0 radical (unpaired) electrons. The molecule has 1 aliphatic heterocycles. The van der Waals surface area contributed by atoms with Crippen LogP contribution in [0.2, 0.25) is 0 Å². The van der Waals surface area contributed by atoms with Gasteiger partial charge < -0.3 is 5.73 Å². The molecule has 3 rings (SSSR count). The number of nitrogens with zero attached hydrogens (tertiary/aromatic N) is 2. The summed E-state index contributed by atoms with van der Waals surface area (Å²) in [5.41, 5.74) is 8.85. The second kappa shape index (κ2) is 4.75. The summed E-state index contributed by atoms with van der Waals surface area (Å²) < 4.78 is 0. The fraction of sp³-hybridized carbons (Fsp3) is 0.643. The number of likely N-dealkylation sites (tertiary alicyclic amines) is 1. The van der Waals surface area contributed by atoms with Gasteiger partial charge in [-0.2, -0.15) is 0 Å². The van der Waals surface area contributed by atoms with Crippen molar-refractivity contribution in [3.8, 4) is 0 Å². The lowest BCUT2D eigenvalue weighted by Gasteiger charge is -2.39. The highest BCUT2D eigenvalue weighted by Crippen LogP contribution is 2.33. The molecule has 1 aromatic rings. The van der Waals surface area contributed by atoms with E-state index in [1.165, 1.54) is 49.9 Å². The zero-order valence-electron chi connectivity index (χ0n) is 10.3. The van der Waals surface area contributed by atoms with Crippen LogP contribution in [0.1, 0.15) is 43.0 Å². The molecule has 2 N–H and O–H groups in total. The summed E-state index contributed by atoms with van der Waals surface area (Å²) in [5.74, 6) is 0. The summed E-state index contributed by atoms with van der Waals surface area (Å²) in [6.07, 6.45) is 8.07. The first-order valence-corrected chi connectivity index (χ1v) is 6.78. The van der Waals surface area contributed by atoms with E-state index in [1.807, 2.05) is 6.20 Å². The molecular formula is C14H21N3. The second-order valence-electron chi connectivity index (χ2n) is 5.35. The molecule has 2 aliphatic rings. The van der Waals surface area contributed by atoms with Crippen LogP contribution in [0.15, 0.2) is 18.3 Å². The smallest absolute Gasteiger partial charge is 0.0607 e. The second-order valence-corrected chi connectivity index (χ2v) is 5.35. The van der Waals surface area contributed by atoms with Gasteiger partial charge in [-0.1, -0.05) is 6.07 Å². The molecule has 3 heteroatoms. The van der Waals surface area contributed by atoms with Crippen molar-refractivity contribution in [1.29, 1.82) is 0 Å². The minimum absolute atomic E-state index is 0.359. The first-order chi connectivity index (χ1) is 8.34. The quantitative estimate of drug-likeness (QED) is 0.802. The van der Waals surface area contributed by atoms with Gasteiger partial charge in [-0.15, -0.1) is 0 Å². The van der Waals surface area contributed by atoms with Crippen molar-refractivity contribution in [2.75, 3.05) is 13.1 Å². The SMILES string of the molecule is NC1CCCN(C2CCCc3cccnc32)C1. The molecule has 0 saturated carbocycles. The minimum Gasteiger partial charge on any atom is -0.327 e. The van der Waals surface area contributed by atoms with Gasteiger partial charge in [0.05, 0.1) is 11.7 Å². The van der Waals surface area contributed by atoms with E-state index in [0.717, 1.165) is 6.54 Å². The third-order valence-electron chi connectivity index (χ3n) is 4.10. The number of fused-ring (bicyclic) bond motifs is 1. The summed E-state index contributed by atoms with van der Waals surface area (Å²) in [5, 5.41) is 0. The first kappa shape index (κ1) is 11.2. The van der Waals surface area contributed by atoms with Crippen molar-refractivity contribution in [3.63, 3.8) is 0 Å². The van der Waals surface area contributed by atoms with Gasteiger partial charge in [-0.25, -0.2) is 0 Å². The molecule has 2 atom stereocenters. The molecule has 0 spiro atoms. The van der Waals surface area contributed by atoms with Crippen LogP contribution in [0.4, 0.5) is 0 Å². The maximum Gasteiger partial charge on any atom is 0.0607 e. The van der Waals surface area contributed by atoms with Gasteiger partial charge in [0.25, 0.3) is 0 Å². The van der Waals surface area contributed by atoms with Crippen molar-refractivity contribution >= 4 is 0 Å². The van der Waals surface area contributed by atoms with Crippen molar-refractivity contribution in [2.45, 2.75) is 44.2 Å². The summed E-state index contributed by atoms with van der Waals surface area (Å²) in [4.78, 5) is 7.17. The average Bonchev–Trinajstić information content (AvgIpc) is 2.38. The number of hydrogen-bond donors (Lipinski definition) is 1. The Hall–Kier alpha value is -0.930. The van der Waals surface area contributed by atoms with E-state index in [1.54, 1.807) is 0 Å². The van der Waals surface area contributed by atoms with Crippen LogP contribution in [0.5, 0.6) is 0 Å². The fourth-order valence-electron chi connectivity index (χ4n) is 3.26. The van der Waals surface area contributed by atoms with Crippen LogP contribution in [-0.2, 0) is 6.42 Å². The Labute approximate surface area is 103 Å². The Morgan fingerprint density at radius 2 is 2.24 bits per heavy atom. The zero-order chi connectivity index (χ0) is 11.7. The number of aromatic nitrogens is 1. The zero-order valence-corrected chi connectivity index (χ0v) is 10.3. The first-order valence-electron chi connectivity index (χ1n) is 6.78. The number of rotatable bonds is 1. The number of pyridine rings is 1. The summed E-state index contributed by atoms with van der Waals surface area (Å²) in [6.45, 7) is 2.23. The lowest BCUT2D eigenvalue weighted by molar-refractivity contribution is 0.133. The van der Waals surface area contributed by atoms with Gasteiger partial charge in [0.1, 0.15) is 0 Å².